The number of nitriles is 1. The van der Waals surface area contributed by atoms with E-state index < -0.39 is 47.8 Å². The molecule has 1 aliphatic rings. The van der Waals surface area contributed by atoms with Crippen molar-refractivity contribution in [3.63, 3.8) is 0 Å². The minimum Gasteiger partial charge on any atom is -0.382 e. The maximum atomic E-state index is 14.6. The molecular weight excluding hydrogens is 601 g/mol. The summed E-state index contributed by atoms with van der Waals surface area (Å²) in [4.78, 5) is 39.6. The number of nitrogens with zero attached hydrogens (tertiary/aromatic N) is 6. The summed E-state index contributed by atoms with van der Waals surface area (Å²) in [7, 11) is 0. The van der Waals surface area contributed by atoms with Crippen LogP contribution in [0, 0.1) is 17.1 Å². The molecule has 0 saturated carbocycles. The molecule has 0 aliphatic carbocycles. The van der Waals surface area contributed by atoms with Crippen molar-refractivity contribution in [3.05, 3.63) is 74.5 Å². The third kappa shape index (κ3) is 5.46. The van der Waals surface area contributed by atoms with Crippen LogP contribution in [0.3, 0.4) is 0 Å². The van der Waals surface area contributed by atoms with Crippen molar-refractivity contribution in [2.75, 3.05) is 22.9 Å². The summed E-state index contributed by atoms with van der Waals surface area (Å²) in [6.07, 6.45) is -6.66. The van der Waals surface area contributed by atoms with E-state index in [1.54, 1.807) is 0 Å². The highest BCUT2D eigenvalue weighted by Crippen LogP contribution is 2.39. The lowest BCUT2D eigenvalue weighted by atomic mass is 10.1. The highest BCUT2D eigenvalue weighted by molar-refractivity contribution is 6.35. The molecule has 17 heteroatoms. The average Bonchev–Trinajstić information content (AvgIpc) is 3.35. The smallest absolute Gasteiger partial charge is 0.315 e. The lowest BCUT2D eigenvalue weighted by Gasteiger charge is -2.28. The van der Waals surface area contributed by atoms with Gasteiger partial charge in [0, 0.05) is 18.2 Å². The number of hydrogen-bond acceptors (Lipinski definition) is 9. The van der Waals surface area contributed by atoms with E-state index in [1.165, 1.54) is 23.1 Å². The summed E-state index contributed by atoms with van der Waals surface area (Å²) in [6, 6.07) is 6.31. The zero-order chi connectivity index (χ0) is 31.2. The predicted molar refractivity (Wildman–Crippen MR) is 145 cm³/mol. The second kappa shape index (κ2) is 11.3. The molecule has 222 valence electrons. The number of rotatable bonds is 6. The number of nitrogens with two attached hydrogens (primary N) is 2. The Bertz CT molecular complexity index is 1860. The molecule has 4 aromatic rings. The molecule has 43 heavy (non-hydrogen) atoms. The second-order valence-electron chi connectivity index (χ2n) is 9.48. The van der Waals surface area contributed by atoms with Gasteiger partial charge < -0.3 is 21.7 Å². The van der Waals surface area contributed by atoms with Crippen molar-refractivity contribution >= 4 is 46.0 Å². The van der Waals surface area contributed by atoms with Gasteiger partial charge >= 0.3 is 6.43 Å². The zero-order valence-corrected chi connectivity index (χ0v) is 22.4. The molecule has 3 heterocycles. The molecule has 2 atom stereocenters. The summed E-state index contributed by atoms with van der Waals surface area (Å²) < 4.78 is 69.1. The van der Waals surface area contributed by atoms with E-state index in [-0.39, 0.29) is 63.6 Å². The number of amides is 1. The van der Waals surface area contributed by atoms with Gasteiger partial charge in [-0.15, -0.1) is 0 Å². The standard InChI is InChI=1S/C26H19ClF5N9O2/c27-15-2-1-3-16-18(15)25(43)41(13-5-10(19(29)30)4-11(28)6-13)23(37-16)17-7-12(36-24(42)20(31)32)9-40(17)22-14(8-33)21(34)38-26(35)39-22/h1-6,12,17,19-20H,7,9H2,(H,36,42)(H4,34,35,38,39)/t12-,17+/m1/s1. The van der Waals surface area contributed by atoms with Crippen LogP contribution in [0.2, 0.25) is 5.02 Å². The summed E-state index contributed by atoms with van der Waals surface area (Å²) in [5.41, 5.74) is 9.54. The van der Waals surface area contributed by atoms with E-state index in [2.05, 4.69) is 20.3 Å². The van der Waals surface area contributed by atoms with Crippen LogP contribution in [0.4, 0.5) is 39.5 Å². The van der Waals surface area contributed by atoms with Gasteiger partial charge in [-0.2, -0.15) is 24.0 Å². The molecule has 1 amide bonds. The van der Waals surface area contributed by atoms with Crippen LogP contribution < -0.4 is 27.2 Å². The maximum absolute atomic E-state index is 14.6. The first-order valence-electron chi connectivity index (χ1n) is 12.4. The van der Waals surface area contributed by atoms with Gasteiger partial charge in [-0.05, 0) is 36.8 Å². The first-order chi connectivity index (χ1) is 20.4. The molecular formula is C26H19ClF5N9O2. The topological polar surface area (TPSA) is 169 Å². The van der Waals surface area contributed by atoms with Gasteiger partial charge in [0.15, 0.2) is 5.82 Å². The van der Waals surface area contributed by atoms with E-state index in [4.69, 9.17) is 23.1 Å². The van der Waals surface area contributed by atoms with Gasteiger partial charge in [-0.1, -0.05) is 17.7 Å². The minimum atomic E-state index is -3.35. The van der Waals surface area contributed by atoms with Crippen molar-refractivity contribution in [1.82, 2.24) is 24.8 Å². The molecule has 2 aromatic heterocycles. The molecule has 2 aromatic carbocycles. The number of halogens is 6. The summed E-state index contributed by atoms with van der Waals surface area (Å²) >= 11 is 6.30. The fourth-order valence-corrected chi connectivity index (χ4v) is 5.26. The van der Waals surface area contributed by atoms with Crippen LogP contribution in [0.25, 0.3) is 16.6 Å². The Hall–Kier alpha value is -5.04. The molecule has 5 rings (SSSR count). The van der Waals surface area contributed by atoms with Gasteiger partial charge in [0.05, 0.1) is 27.7 Å². The number of fused-ring (bicyclic) bond motifs is 1. The van der Waals surface area contributed by atoms with E-state index >= 15 is 0 Å². The number of hydrogen-bond donors (Lipinski definition) is 3. The molecule has 0 spiro atoms. The second-order valence-corrected chi connectivity index (χ2v) is 9.88. The van der Waals surface area contributed by atoms with Crippen LogP contribution in [0.1, 0.15) is 35.8 Å². The normalized spacial score (nSPS) is 16.7. The van der Waals surface area contributed by atoms with E-state index in [1.807, 2.05) is 6.07 Å². The number of alkyl halides is 4. The lowest BCUT2D eigenvalue weighted by molar-refractivity contribution is -0.132. The van der Waals surface area contributed by atoms with Crippen molar-refractivity contribution in [3.8, 4) is 11.8 Å². The van der Waals surface area contributed by atoms with Gasteiger partial charge in [0.2, 0.25) is 5.95 Å². The Morgan fingerprint density at radius 3 is 2.56 bits per heavy atom. The molecule has 11 nitrogen and oxygen atoms in total. The first kappa shape index (κ1) is 29.5. The molecule has 0 radical (unpaired) electrons. The summed E-state index contributed by atoms with van der Waals surface area (Å²) in [5, 5.41) is 11.8. The van der Waals surface area contributed by atoms with Crippen molar-refractivity contribution in [2.24, 2.45) is 0 Å². The molecule has 1 fully saturated rings. The highest BCUT2D eigenvalue weighted by atomic mass is 35.5. The van der Waals surface area contributed by atoms with E-state index in [9.17, 15) is 36.8 Å². The average molecular weight is 620 g/mol. The monoisotopic (exact) mass is 619 g/mol. The van der Waals surface area contributed by atoms with Crippen LogP contribution in [-0.4, -0.2) is 44.4 Å². The zero-order valence-electron chi connectivity index (χ0n) is 21.6. The van der Waals surface area contributed by atoms with Crippen LogP contribution >= 0.6 is 11.6 Å². The number of benzene rings is 2. The number of aromatic nitrogens is 4. The van der Waals surface area contributed by atoms with Crippen molar-refractivity contribution < 1.29 is 26.7 Å². The van der Waals surface area contributed by atoms with Gasteiger partial charge in [-0.25, -0.2) is 18.2 Å². The van der Waals surface area contributed by atoms with Gasteiger partial charge in [0.1, 0.15) is 29.1 Å². The van der Waals surface area contributed by atoms with Gasteiger partial charge in [-0.3, -0.25) is 14.2 Å². The minimum absolute atomic E-state index is 0.0331. The van der Waals surface area contributed by atoms with Crippen LogP contribution in [-0.2, 0) is 4.79 Å². The summed E-state index contributed by atoms with van der Waals surface area (Å²) in [6.45, 7) is -0.261. The van der Waals surface area contributed by atoms with Crippen LogP contribution in [0.15, 0.2) is 41.2 Å². The quantitative estimate of drug-likeness (QED) is 0.273. The van der Waals surface area contributed by atoms with Crippen molar-refractivity contribution in [1.29, 1.82) is 5.26 Å². The fraction of sp³-hybridized carbons (Fsp3) is 0.231. The number of anilines is 3. The molecule has 1 aliphatic heterocycles. The Morgan fingerprint density at radius 2 is 1.88 bits per heavy atom. The molecule has 1 saturated heterocycles. The van der Waals surface area contributed by atoms with E-state index in [0.717, 1.165) is 16.7 Å². The Balaban J connectivity index is 1.81. The number of carbonyl (C=O) groups is 1. The Morgan fingerprint density at radius 1 is 1.14 bits per heavy atom. The number of nitrogen functional groups attached to an aromatic ring is 2. The molecule has 0 bridgehead atoms. The Kier molecular flexibility index (Phi) is 7.76. The van der Waals surface area contributed by atoms with E-state index in [0.29, 0.717) is 6.07 Å². The fourth-order valence-electron chi connectivity index (χ4n) is 5.01. The third-order valence-electron chi connectivity index (χ3n) is 6.75. The first-order valence-corrected chi connectivity index (χ1v) is 12.8. The summed E-state index contributed by atoms with van der Waals surface area (Å²) in [5.74, 6) is -3.71. The predicted octanol–water partition coefficient (Wildman–Crippen LogP) is 3.64. The Labute approximate surface area is 243 Å². The lowest BCUT2D eigenvalue weighted by Crippen LogP contribution is -2.40. The van der Waals surface area contributed by atoms with Crippen molar-refractivity contribution in [2.45, 2.75) is 31.4 Å². The largest absolute Gasteiger partial charge is 0.382 e. The molecule has 0 unspecified atom stereocenters. The third-order valence-corrected chi connectivity index (χ3v) is 7.07. The SMILES string of the molecule is N#Cc1c(N)nc(N)nc1N1C[C@H](NC(=O)C(F)F)C[C@H]1c1nc2cccc(Cl)c2c(=O)n1-c1cc(F)cc(C(F)F)c1. The number of nitrogens with one attached hydrogen (secondary N) is 1. The van der Waals surface area contributed by atoms with Gasteiger partial charge in [0.25, 0.3) is 17.9 Å². The maximum Gasteiger partial charge on any atom is 0.315 e. The molecule has 5 N–H and O–H groups in total. The number of carbonyl (C=O) groups excluding carboxylic acids is 1. The van der Waals surface area contributed by atoms with Crippen LogP contribution in [0.5, 0.6) is 0 Å². The highest BCUT2D eigenvalue weighted by Gasteiger charge is 2.40.